The molecular weight excluding hydrogens is 200 g/mol. The van der Waals surface area contributed by atoms with E-state index >= 15 is 0 Å². The van der Waals surface area contributed by atoms with Gasteiger partial charge in [-0.3, -0.25) is 0 Å². The van der Waals surface area contributed by atoms with Gasteiger partial charge in [0.15, 0.2) is 0 Å². The summed E-state index contributed by atoms with van der Waals surface area (Å²) in [6, 6.07) is 0. The molecule has 15 heavy (non-hydrogen) atoms. The van der Waals surface area contributed by atoms with Crippen molar-refractivity contribution in [2.45, 2.75) is 38.5 Å². The highest BCUT2D eigenvalue weighted by molar-refractivity contribution is 6.21. The number of piperidine rings is 2. The Bertz CT molecular complexity index is 216. The van der Waals surface area contributed by atoms with Crippen LogP contribution in [-0.2, 0) is 0 Å². The Labute approximate surface area is 96.7 Å². The van der Waals surface area contributed by atoms with Crippen molar-refractivity contribution >= 4 is 10.2 Å². The molecule has 2 nitrogen and oxygen atoms in total. The van der Waals surface area contributed by atoms with Crippen LogP contribution in [0.15, 0.2) is 11.5 Å². The van der Waals surface area contributed by atoms with Gasteiger partial charge < -0.3 is 9.80 Å². The number of nitrogens with zero attached hydrogens (tertiary/aromatic N) is 2. The van der Waals surface area contributed by atoms with Crippen molar-refractivity contribution in [2.75, 3.05) is 26.2 Å². The molecule has 2 rings (SSSR count). The van der Waals surface area contributed by atoms with E-state index in [1.54, 1.807) is 5.32 Å². The maximum atomic E-state index is 2.62. The van der Waals surface area contributed by atoms with E-state index in [2.05, 4.69) is 16.0 Å². The molecule has 0 saturated carbocycles. The second kappa shape index (κ2) is 5.59. The van der Waals surface area contributed by atoms with Gasteiger partial charge in [-0.15, -0.1) is 0 Å². The Morgan fingerprint density at radius 3 is 1.93 bits per heavy atom. The van der Waals surface area contributed by atoms with E-state index in [0.717, 1.165) is 0 Å². The predicted octanol–water partition coefficient (Wildman–Crippen LogP) is 1.12. The summed E-state index contributed by atoms with van der Waals surface area (Å²) in [6.07, 6.45) is 10.9. The SMILES string of the molecule is [SiH3]C(=CN1CCCCC1)N1CCCCC1. The minimum atomic E-state index is 1.21. The van der Waals surface area contributed by atoms with E-state index in [0.29, 0.717) is 0 Å². The van der Waals surface area contributed by atoms with Crippen LogP contribution < -0.4 is 0 Å². The van der Waals surface area contributed by atoms with Crippen LogP contribution in [0.1, 0.15) is 38.5 Å². The van der Waals surface area contributed by atoms with Crippen LogP contribution in [0.5, 0.6) is 0 Å². The molecule has 0 amide bonds. The quantitative estimate of drug-likeness (QED) is 0.649. The van der Waals surface area contributed by atoms with Crippen LogP contribution in [0.3, 0.4) is 0 Å². The van der Waals surface area contributed by atoms with Gasteiger partial charge >= 0.3 is 0 Å². The summed E-state index contributed by atoms with van der Waals surface area (Å²) in [4.78, 5) is 5.16. The van der Waals surface area contributed by atoms with Gasteiger partial charge in [0, 0.05) is 37.7 Å². The summed E-state index contributed by atoms with van der Waals surface area (Å²) in [5, 5.41) is 1.62. The molecule has 0 radical (unpaired) electrons. The average Bonchev–Trinajstić information content (AvgIpc) is 2.31. The summed E-state index contributed by atoms with van der Waals surface area (Å²) < 4.78 is 0. The highest BCUT2D eigenvalue weighted by atomic mass is 28.1. The van der Waals surface area contributed by atoms with E-state index < -0.39 is 0 Å². The van der Waals surface area contributed by atoms with Gasteiger partial charge in [0.05, 0.1) is 10.2 Å². The molecule has 0 aromatic rings. The summed E-state index contributed by atoms with van der Waals surface area (Å²) in [7, 11) is 1.21. The van der Waals surface area contributed by atoms with Crippen molar-refractivity contribution in [3.05, 3.63) is 11.5 Å². The molecule has 3 heteroatoms. The van der Waals surface area contributed by atoms with Gasteiger partial charge in [0.1, 0.15) is 0 Å². The molecule has 0 aliphatic carbocycles. The lowest BCUT2D eigenvalue weighted by atomic mass is 10.1. The zero-order valence-electron chi connectivity index (χ0n) is 10.0. The first-order valence-corrected chi connectivity index (χ1v) is 7.54. The first-order valence-electron chi connectivity index (χ1n) is 6.54. The molecule has 0 N–H and O–H groups in total. The molecule has 0 bridgehead atoms. The molecule has 2 aliphatic rings. The van der Waals surface area contributed by atoms with Crippen molar-refractivity contribution < 1.29 is 0 Å². The van der Waals surface area contributed by atoms with Crippen LogP contribution >= 0.6 is 0 Å². The largest absolute Gasteiger partial charge is 0.378 e. The number of likely N-dealkylation sites (tertiary alicyclic amines) is 2. The molecule has 0 aromatic carbocycles. The highest BCUT2D eigenvalue weighted by Gasteiger charge is 2.12. The molecule has 0 aromatic heterocycles. The Hall–Kier alpha value is -0.443. The third kappa shape index (κ3) is 3.26. The van der Waals surface area contributed by atoms with Gasteiger partial charge in [-0.05, 0) is 38.5 Å². The zero-order valence-corrected chi connectivity index (χ0v) is 12.0. The van der Waals surface area contributed by atoms with Gasteiger partial charge in [-0.25, -0.2) is 0 Å². The fraction of sp³-hybridized carbons (Fsp3) is 0.833. The van der Waals surface area contributed by atoms with E-state index in [4.69, 9.17) is 0 Å². The Morgan fingerprint density at radius 2 is 1.33 bits per heavy atom. The first-order chi connectivity index (χ1) is 7.36. The molecule has 0 atom stereocenters. The number of hydrogen-bond donors (Lipinski definition) is 0. The first kappa shape index (κ1) is 11.1. The Kier molecular flexibility index (Phi) is 4.12. The van der Waals surface area contributed by atoms with Crippen molar-refractivity contribution in [1.29, 1.82) is 0 Å². The fourth-order valence-corrected chi connectivity index (χ4v) is 3.45. The Balaban J connectivity index is 1.86. The third-order valence-corrected chi connectivity index (χ3v) is 4.51. The summed E-state index contributed by atoms with van der Waals surface area (Å²) in [5.41, 5.74) is 0. The number of hydrogen-bond acceptors (Lipinski definition) is 2. The molecular formula is C12H24N2Si. The summed E-state index contributed by atoms with van der Waals surface area (Å²) in [5.74, 6) is 0. The molecule has 2 fully saturated rings. The van der Waals surface area contributed by atoms with Crippen LogP contribution in [0.4, 0.5) is 0 Å². The minimum Gasteiger partial charge on any atom is -0.378 e. The van der Waals surface area contributed by atoms with Crippen LogP contribution in [0.2, 0.25) is 0 Å². The van der Waals surface area contributed by atoms with Crippen molar-refractivity contribution in [3.8, 4) is 0 Å². The zero-order chi connectivity index (χ0) is 10.5. The van der Waals surface area contributed by atoms with Crippen LogP contribution in [-0.4, -0.2) is 46.2 Å². The van der Waals surface area contributed by atoms with Crippen molar-refractivity contribution in [3.63, 3.8) is 0 Å². The maximum Gasteiger partial charge on any atom is 0.0610 e. The second-order valence-corrected chi connectivity index (χ2v) is 5.94. The van der Waals surface area contributed by atoms with Gasteiger partial charge in [0.2, 0.25) is 0 Å². The monoisotopic (exact) mass is 224 g/mol. The second-order valence-electron chi connectivity index (χ2n) is 4.91. The van der Waals surface area contributed by atoms with Gasteiger partial charge in [-0.2, -0.15) is 0 Å². The molecule has 0 unspecified atom stereocenters. The molecule has 2 heterocycles. The lowest BCUT2D eigenvalue weighted by Gasteiger charge is -2.32. The lowest BCUT2D eigenvalue weighted by Crippen LogP contribution is -2.32. The topological polar surface area (TPSA) is 6.48 Å². The fourth-order valence-electron chi connectivity index (χ4n) is 2.64. The summed E-state index contributed by atoms with van der Waals surface area (Å²) in [6.45, 7) is 5.20. The Morgan fingerprint density at radius 1 is 0.800 bits per heavy atom. The van der Waals surface area contributed by atoms with Crippen LogP contribution in [0, 0.1) is 0 Å². The minimum absolute atomic E-state index is 1.21. The van der Waals surface area contributed by atoms with Gasteiger partial charge in [0.25, 0.3) is 0 Å². The molecule has 86 valence electrons. The normalized spacial score (nSPS) is 24.7. The predicted molar refractivity (Wildman–Crippen MR) is 68.9 cm³/mol. The van der Waals surface area contributed by atoms with E-state index in [-0.39, 0.29) is 0 Å². The van der Waals surface area contributed by atoms with Crippen LogP contribution in [0.25, 0.3) is 0 Å². The van der Waals surface area contributed by atoms with Gasteiger partial charge in [-0.1, -0.05) is 0 Å². The maximum absolute atomic E-state index is 2.62. The smallest absolute Gasteiger partial charge is 0.0610 e. The summed E-state index contributed by atoms with van der Waals surface area (Å²) >= 11 is 0. The van der Waals surface area contributed by atoms with E-state index in [1.807, 2.05) is 0 Å². The average molecular weight is 224 g/mol. The standard InChI is InChI=1S/C12H24N2Si/c15-12(14-9-5-2-6-10-14)11-13-7-3-1-4-8-13/h11H,1-10H2,15H3. The lowest BCUT2D eigenvalue weighted by molar-refractivity contribution is 0.274. The molecule has 2 aliphatic heterocycles. The van der Waals surface area contributed by atoms with E-state index in [1.165, 1.54) is 74.9 Å². The molecule has 0 spiro atoms. The number of rotatable bonds is 2. The van der Waals surface area contributed by atoms with Crippen molar-refractivity contribution in [2.24, 2.45) is 0 Å². The van der Waals surface area contributed by atoms with Crippen molar-refractivity contribution in [1.82, 2.24) is 9.80 Å². The third-order valence-electron chi connectivity index (χ3n) is 3.61. The molecule has 2 saturated heterocycles. The van der Waals surface area contributed by atoms with E-state index in [9.17, 15) is 0 Å². The highest BCUT2D eigenvalue weighted by Crippen LogP contribution is 2.15.